The Kier molecular flexibility index (Phi) is 5.65. The van der Waals surface area contributed by atoms with E-state index >= 15 is 0 Å². The first-order valence-corrected chi connectivity index (χ1v) is 14.9. The minimum Gasteiger partial charge on any atom is -0.393 e. The van der Waals surface area contributed by atoms with Crippen LogP contribution in [0.4, 0.5) is 0 Å². The van der Waals surface area contributed by atoms with E-state index in [4.69, 9.17) is 4.74 Å². The van der Waals surface area contributed by atoms with Crippen LogP contribution >= 0.6 is 0 Å². The van der Waals surface area contributed by atoms with Crippen LogP contribution in [0.3, 0.4) is 0 Å². The van der Waals surface area contributed by atoms with E-state index in [2.05, 4.69) is 19.2 Å². The first-order chi connectivity index (χ1) is 17.0. The molecule has 11 unspecified atom stereocenters. The Hall–Kier alpha value is -1.57. The number of aliphatic hydroxyl groups excluding tert-OH is 1. The predicted octanol–water partition coefficient (Wildman–Crippen LogP) is 3.48. The van der Waals surface area contributed by atoms with Gasteiger partial charge in [-0.15, -0.1) is 0 Å². The molecule has 5 aliphatic rings. The molecule has 1 aromatic carbocycles. The fourth-order valence-corrected chi connectivity index (χ4v) is 10.7. The van der Waals surface area contributed by atoms with Gasteiger partial charge in [0.25, 0.3) is 0 Å². The first kappa shape index (κ1) is 24.7. The molecule has 36 heavy (non-hydrogen) atoms. The van der Waals surface area contributed by atoms with Crippen LogP contribution in [0.25, 0.3) is 0 Å². The lowest BCUT2D eigenvalue weighted by Crippen LogP contribution is -2.74. The molecule has 1 amide bonds. The molecule has 6 rings (SSSR count). The highest BCUT2D eigenvalue weighted by molar-refractivity contribution is 7.86. The van der Waals surface area contributed by atoms with Crippen LogP contribution in [0.1, 0.15) is 59.8 Å². The monoisotopic (exact) mass is 513 g/mol. The number of rotatable bonds is 2. The lowest BCUT2D eigenvalue weighted by molar-refractivity contribution is -0.321. The topological polar surface area (TPSA) is 92.7 Å². The standard InChI is InChI=1S/C29H39NO5S/c1-16-10-11-23-27(2,3)25(32)22(36(34)17-8-6-5-7-9-17)14-29(23)28(16,4)13-19-21(31)12-18-20(24(19)35-29)15-30-26(18)33/h5-9,16,18-24,31H,10-15H2,1-4H3,(H,30,33). The second-order valence-electron chi connectivity index (χ2n) is 13.0. The third-order valence-electron chi connectivity index (χ3n) is 11.2. The van der Waals surface area contributed by atoms with Gasteiger partial charge in [0.1, 0.15) is 5.25 Å². The van der Waals surface area contributed by atoms with Gasteiger partial charge in [0.05, 0.1) is 28.6 Å². The Morgan fingerprint density at radius 1 is 1.06 bits per heavy atom. The van der Waals surface area contributed by atoms with E-state index in [1.807, 2.05) is 44.2 Å². The Bertz CT molecular complexity index is 1110. The molecule has 0 aromatic heterocycles. The Labute approximate surface area is 216 Å². The van der Waals surface area contributed by atoms with Crippen molar-refractivity contribution in [3.8, 4) is 0 Å². The van der Waals surface area contributed by atoms with Gasteiger partial charge < -0.3 is 15.2 Å². The van der Waals surface area contributed by atoms with Gasteiger partial charge in [0.2, 0.25) is 5.91 Å². The van der Waals surface area contributed by atoms with E-state index in [-0.39, 0.29) is 46.9 Å². The zero-order valence-electron chi connectivity index (χ0n) is 21.7. The number of carbonyl (C=O) groups is 2. The first-order valence-electron chi connectivity index (χ1n) is 13.6. The van der Waals surface area contributed by atoms with Gasteiger partial charge in [-0.05, 0) is 55.6 Å². The van der Waals surface area contributed by atoms with Crippen LogP contribution in [0, 0.1) is 40.4 Å². The molecule has 3 aliphatic carbocycles. The van der Waals surface area contributed by atoms with Crippen LogP contribution in [-0.4, -0.2) is 50.6 Å². The van der Waals surface area contributed by atoms with E-state index in [1.54, 1.807) is 0 Å². The van der Waals surface area contributed by atoms with E-state index in [9.17, 15) is 18.9 Å². The van der Waals surface area contributed by atoms with Gasteiger partial charge in [-0.3, -0.25) is 13.8 Å². The molecule has 5 fully saturated rings. The summed E-state index contributed by atoms with van der Waals surface area (Å²) in [4.78, 5) is 27.3. The maximum absolute atomic E-state index is 14.0. The minimum atomic E-state index is -1.48. The molecule has 0 radical (unpaired) electrons. The highest BCUT2D eigenvalue weighted by Gasteiger charge is 2.72. The van der Waals surface area contributed by atoms with Crippen LogP contribution in [0.5, 0.6) is 0 Å². The second-order valence-corrected chi connectivity index (χ2v) is 14.6. The maximum Gasteiger partial charge on any atom is 0.223 e. The van der Waals surface area contributed by atoms with Crippen molar-refractivity contribution in [3.05, 3.63) is 30.3 Å². The molecule has 1 spiro atoms. The number of amides is 1. The predicted molar refractivity (Wildman–Crippen MR) is 136 cm³/mol. The summed E-state index contributed by atoms with van der Waals surface area (Å²) in [6, 6.07) is 9.33. The van der Waals surface area contributed by atoms with E-state index in [1.165, 1.54) is 0 Å². The second kappa shape index (κ2) is 8.21. The number of hydrogen-bond donors (Lipinski definition) is 2. The number of nitrogens with one attached hydrogen (secondary N) is 1. The zero-order valence-corrected chi connectivity index (χ0v) is 22.6. The van der Waals surface area contributed by atoms with Crippen molar-refractivity contribution in [3.63, 3.8) is 0 Å². The fourth-order valence-electron chi connectivity index (χ4n) is 9.03. The summed E-state index contributed by atoms with van der Waals surface area (Å²) in [6.07, 6.45) is 2.82. The normalized spacial score (nSPS) is 48.1. The van der Waals surface area contributed by atoms with Crippen molar-refractivity contribution in [2.75, 3.05) is 6.54 Å². The summed E-state index contributed by atoms with van der Waals surface area (Å²) in [5.41, 5.74) is -1.58. The molecule has 196 valence electrons. The number of fused-ring (bicyclic) bond motifs is 3. The van der Waals surface area contributed by atoms with Crippen molar-refractivity contribution in [1.29, 1.82) is 0 Å². The molecule has 7 heteroatoms. The van der Waals surface area contributed by atoms with Gasteiger partial charge >= 0.3 is 0 Å². The third-order valence-corrected chi connectivity index (χ3v) is 12.9. The van der Waals surface area contributed by atoms with E-state index in [0.717, 1.165) is 19.3 Å². The van der Waals surface area contributed by atoms with Crippen molar-refractivity contribution < 1.29 is 23.6 Å². The summed E-state index contributed by atoms with van der Waals surface area (Å²) in [5, 5.41) is 13.6. The largest absolute Gasteiger partial charge is 0.393 e. The summed E-state index contributed by atoms with van der Waals surface area (Å²) in [6.45, 7) is 9.21. The summed E-state index contributed by atoms with van der Waals surface area (Å²) in [7, 11) is -1.48. The zero-order chi connectivity index (χ0) is 25.6. The van der Waals surface area contributed by atoms with Crippen molar-refractivity contribution in [2.45, 2.75) is 87.8 Å². The smallest absolute Gasteiger partial charge is 0.223 e. The average Bonchev–Trinajstić information content (AvgIpc) is 3.22. The molecule has 1 aromatic rings. The summed E-state index contributed by atoms with van der Waals surface area (Å²) < 4.78 is 21.3. The molecule has 2 saturated heterocycles. The maximum atomic E-state index is 14.0. The van der Waals surface area contributed by atoms with Crippen LogP contribution < -0.4 is 5.32 Å². The van der Waals surface area contributed by atoms with Crippen LogP contribution in [-0.2, 0) is 25.1 Å². The van der Waals surface area contributed by atoms with Gasteiger partial charge in [0.15, 0.2) is 5.78 Å². The molecular weight excluding hydrogens is 474 g/mol. The van der Waals surface area contributed by atoms with E-state index in [0.29, 0.717) is 30.2 Å². The number of aliphatic hydroxyl groups is 1. The molecular formula is C29H39NO5S. The molecule has 0 bridgehead atoms. The summed E-state index contributed by atoms with van der Waals surface area (Å²) >= 11 is 0. The van der Waals surface area contributed by atoms with E-state index < -0.39 is 33.2 Å². The number of Topliss-reactive ketones (excluding diaryl/α,β-unsaturated/α-hetero) is 1. The highest BCUT2D eigenvalue weighted by Crippen LogP contribution is 2.68. The molecule has 2 aliphatic heterocycles. The lowest BCUT2D eigenvalue weighted by Gasteiger charge is -2.70. The molecule has 6 nitrogen and oxygen atoms in total. The molecule has 2 N–H and O–H groups in total. The van der Waals surface area contributed by atoms with Gasteiger partial charge in [-0.2, -0.15) is 0 Å². The van der Waals surface area contributed by atoms with Crippen molar-refractivity contribution in [1.82, 2.24) is 5.32 Å². The van der Waals surface area contributed by atoms with Crippen molar-refractivity contribution in [2.24, 2.45) is 40.4 Å². The van der Waals surface area contributed by atoms with Gasteiger partial charge in [-0.25, -0.2) is 0 Å². The average molecular weight is 514 g/mol. The van der Waals surface area contributed by atoms with Gasteiger partial charge in [-0.1, -0.05) is 45.9 Å². The third kappa shape index (κ3) is 3.18. The molecule has 11 atom stereocenters. The van der Waals surface area contributed by atoms with Gasteiger partial charge in [0, 0.05) is 40.5 Å². The number of hydrogen-bond acceptors (Lipinski definition) is 5. The van der Waals surface area contributed by atoms with Crippen LogP contribution in [0.15, 0.2) is 35.2 Å². The molecule has 2 heterocycles. The fraction of sp³-hybridized carbons (Fsp3) is 0.724. The SMILES string of the molecule is CC1CCC2C(C)(C)C(=O)C(S(=O)c3ccccc3)CC23OC2C(CC13C)C(O)CC1C(=O)NCC12. The number of carbonyl (C=O) groups excluding carboxylic acids is 2. The summed E-state index contributed by atoms with van der Waals surface area (Å²) in [5.74, 6) is 0.207. The number of ether oxygens (including phenoxy) is 1. The quantitative estimate of drug-likeness (QED) is 0.632. The molecule has 3 saturated carbocycles. The highest BCUT2D eigenvalue weighted by atomic mass is 32.2. The Balaban J connectivity index is 1.47. The Morgan fingerprint density at radius 2 is 1.78 bits per heavy atom. The van der Waals surface area contributed by atoms with Crippen molar-refractivity contribution >= 4 is 22.5 Å². The lowest BCUT2D eigenvalue weighted by atomic mass is 9.42. The number of ketones is 1. The minimum absolute atomic E-state index is 0.00579. The van der Waals surface area contributed by atoms with Crippen LogP contribution in [0.2, 0.25) is 0 Å². The number of benzene rings is 1. The Morgan fingerprint density at radius 3 is 2.50 bits per heavy atom.